The first-order valence-corrected chi connectivity index (χ1v) is 4.06. The average Bonchev–Trinajstić information content (AvgIpc) is 2.05. The molecule has 0 saturated heterocycles. The second-order valence-electron chi connectivity index (χ2n) is 3.09. The SMILES string of the molecule is Cc1ccc2c(c1)CCC(=O)O2. The fraction of sp³-hybridized carbons (Fsp3) is 0.300. The standard InChI is InChI=1S/C10H10O2/c1-7-2-4-9-8(6-7)3-5-10(11)12-9/h2,4,6H,3,5H2,1H3. The van der Waals surface area contributed by atoms with Gasteiger partial charge in [-0.25, -0.2) is 0 Å². The van der Waals surface area contributed by atoms with Crippen LogP contribution in [-0.2, 0) is 11.2 Å². The molecule has 0 aromatic heterocycles. The van der Waals surface area contributed by atoms with Gasteiger partial charge in [-0.1, -0.05) is 17.7 Å². The van der Waals surface area contributed by atoms with E-state index in [-0.39, 0.29) is 5.97 Å². The number of carbonyl (C=O) groups is 1. The van der Waals surface area contributed by atoms with E-state index in [1.54, 1.807) is 0 Å². The Balaban J connectivity index is 2.43. The van der Waals surface area contributed by atoms with Gasteiger partial charge in [-0.05, 0) is 25.0 Å². The molecular weight excluding hydrogens is 152 g/mol. The Labute approximate surface area is 71.2 Å². The Bertz CT molecular complexity index is 329. The molecule has 1 aromatic rings. The third kappa shape index (κ3) is 1.20. The summed E-state index contributed by atoms with van der Waals surface area (Å²) in [5.74, 6) is 0.614. The highest BCUT2D eigenvalue weighted by Crippen LogP contribution is 2.25. The quantitative estimate of drug-likeness (QED) is 0.430. The summed E-state index contributed by atoms with van der Waals surface area (Å²) in [4.78, 5) is 10.9. The topological polar surface area (TPSA) is 26.3 Å². The summed E-state index contributed by atoms with van der Waals surface area (Å²) < 4.78 is 5.05. The van der Waals surface area contributed by atoms with Crippen LogP contribution in [0.4, 0.5) is 0 Å². The van der Waals surface area contributed by atoms with Crippen molar-refractivity contribution in [3.63, 3.8) is 0 Å². The summed E-state index contributed by atoms with van der Waals surface area (Å²) in [5, 5.41) is 0. The first-order valence-electron chi connectivity index (χ1n) is 4.06. The van der Waals surface area contributed by atoms with Gasteiger partial charge >= 0.3 is 5.97 Å². The van der Waals surface area contributed by atoms with Gasteiger partial charge in [0.25, 0.3) is 0 Å². The smallest absolute Gasteiger partial charge is 0.311 e. The molecule has 12 heavy (non-hydrogen) atoms. The Morgan fingerprint density at radius 3 is 3.00 bits per heavy atom. The number of carbonyl (C=O) groups excluding carboxylic acids is 1. The van der Waals surface area contributed by atoms with Crippen molar-refractivity contribution < 1.29 is 9.53 Å². The largest absolute Gasteiger partial charge is 0.426 e. The Morgan fingerprint density at radius 2 is 2.17 bits per heavy atom. The molecule has 2 rings (SSSR count). The molecule has 2 nitrogen and oxygen atoms in total. The van der Waals surface area contributed by atoms with Gasteiger partial charge < -0.3 is 4.74 Å². The Kier molecular flexibility index (Phi) is 1.61. The molecule has 0 unspecified atom stereocenters. The van der Waals surface area contributed by atoms with Crippen molar-refractivity contribution in [3.8, 4) is 5.75 Å². The van der Waals surface area contributed by atoms with Gasteiger partial charge in [-0.3, -0.25) is 4.79 Å². The van der Waals surface area contributed by atoms with Crippen LogP contribution < -0.4 is 4.74 Å². The number of aryl methyl sites for hydroxylation is 2. The highest BCUT2D eigenvalue weighted by molar-refractivity contribution is 5.75. The van der Waals surface area contributed by atoms with Crippen LogP contribution in [0, 0.1) is 6.92 Å². The van der Waals surface area contributed by atoms with Crippen LogP contribution in [0.2, 0.25) is 0 Å². The van der Waals surface area contributed by atoms with Crippen molar-refractivity contribution in [1.82, 2.24) is 0 Å². The predicted molar refractivity (Wildman–Crippen MR) is 45.1 cm³/mol. The lowest BCUT2D eigenvalue weighted by molar-refractivity contribution is -0.135. The van der Waals surface area contributed by atoms with E-state index < -0.39 is 0 Å². The maximum absolute atomic E-state index is 10.9. The number of esters is 1. The van der Waals surface area contributed by atoms with E-state index in [1.807, 2.05) is 19.1 Å². The zero-order chi connectivity index (χ0) is 8.55. The van der Waals surface area contributed by atoms with Crippen LogP contribution in [0.25, 0.3) is 0 Å². The molecule has 0 fully saturated rings. The van der Waals surface area contributed by atoms with Crippen LogP contribution in [-0.4, -0.2) is 5.97 Å². The number of ether oxygens (including phenoxy) is 1. The third-order valence-electron chi connectivity index (χ3n) is 2.04. The summed E-state index contributed by atoms with van der Waals surface area (Å²) in [7, 11) is 0. The van der Waals surface area contributed by atoms with Gasteiger partial charge in [0.15, 0.2) is 0 Å². The molecule has 0 bridgehead atoms. The van der Waals surface area contributed by atoms with Gasteiger partial charge in [-0.2, -0.15) is 0 Å². The van der Waals surface area contributed by atoms with Crippen molar-refractivity contribution in [2.75, 3.05) is 0 Å². The Hall–Kier alpha value is -1.31. The van der Waals surface area contributed by atoms with Crippen LogP contribution in [0.5, 0.6) is 5.75 Å². The molecule has 0 spiro atoms. The fourth-order valence-corrected chi connectivity index (χ4v) is 1.41. The van der Waals surface area contributed by atoms with Crippen molar-refractivity contribution in [2.24, 2.45) is 0 Å². The number of fused-ring (bicyclic) bond motifs is 1. The normalized spacial score (nSPS) is 15.2. The molecule has 0 saturated carbocycles. The second kappa shape index (κ2) is 2.63. The molecule has 62 valence electrons. The maximum atomic E-state index is 10.9. The molecule has 0 atom stereocenters. The van der Waals surface area contributed by atoms with E-state index in [4.69, 9.17) is 4.74 Å². The predicted octanol–water partition coefficient (Wildman–Crippen LogP) is 1.85. The van der Waals surface area contributed by atoms with Crippen LogP contribution in [0.1, 0.15) is 17.5 Å². The van der Waals surface area contributed by atoms with Crippen LogP contribution >= 0.6 is 0 Å². The number of rotatable bonds is 0. The lowest BCUT2D eigenvalue weighted by atomic mass is 10.0. The Morgan fingerprint density at radius 1 is 1.33 bits per heavy atom. The van der Waals surface area contributed by atoms with E-state index in [1.165, 1.54) is 5.56 Å². The number of hydrogen-bond acceptors (Lipinski definition) is 2. The first kappa shape index (κ1) is 7.35. The van der Waals surface area contributed by atoms with Gasteiger partial charge in [-0.15, -0.1) is 0 Å². The monoisotopic (exact) mass is 162 g/mol. The van der Waals surface area contributed by atoms with Gasteiger partial charge in [0.2, 0.25) is 0 Å². The van der Waals surface area contributed by atoms with Crippen molar-refractivity contribution in [3.05, 3.63) is 29.3 Å². The van der Waals surface area contributed by atoms with Crippen molar-refractivity contribution in [1.29, 1.82) is 0 Å². The van der Waals surface area contributed by atoms with Crippen molar-refractivity contribution >= 4 is 5.97 Å². The van der Waals surface area contributed by atoms with E-state index in [2.05, 4.69) is 6.07 Å². The average molecular weight is 162 g/mol. The molecule has 1 aromatic carbocycles. The van der Waals surface area contributed by atoms with Crippen LogP contribution in [0.15, 0.2) is 18.2 Å². The first-order chi connectivity index (χ1) is 5.75. The van der Waals surface area contributed by atoms with E-state index in [0.717, 1.165) is 17.7 Å². The highest BCUT2D eigenvalue weighted by atomic mass is 16.5. The lowest BCUT2D eigenvalue weighted by Crippen LogP contribution is -2.15. The summed E-state index contributed by atoms with van der Waals surface area (Å²) in [6.45, 7) is 2.04. The summed E-state index contributed by atoms with van der Waals surface area (Å²) in [6, 6.07) is 5.89. The minimum absolute atomic E-state index is 0.119. The molecule has 2 heteroatoms. The molecule has 0 radical (unpaired) electrons. The van der Waals surface area contributed by atoms with Crippen molar-refractivity contribution in [2.45, 2.75) is 19.8 Å². The maximum Gasteiger partial charge on any atom is 0.311 e. The fourth-order valence-electron chi connectivity index (χ4n) is 1.41. The molecule has 1 aliphatic heterocycles. The third-order valence-corrected chi connectivity index (χ3v) is 2.04. The van der Waals surface area contributed by atoms with Gasteiger partial charge in [0.1, 0.15) is 5.75 Å². The summed E-state index contributed by atoms with van der Waals surface area (Å²) in [6.07, 6.45) is 1.33. The van der Waals surface area contributed by atoms with E-state index in [0.29, 0.717) is 6.42 Å². The zero-order valence-electron chi connectivity index (χ0n) is 6.96. The molecule has 1 aliphatic rings. The van der Waals surface area contributed by atoms with E-state index in [9.17, 15) is 4.79 Å². The number of benzene rings is 1. The second-order valence-corrected chi connectivity index (χ2v) is 3.09. The van der Waals surface area contributed by atoms with Crippen LogP contribution in [0.3, 0.4) is 0 Å². The molecule has 1 heterocycles. The molecule has 0 N–H and O–H groups in total. The van der Waals surface area contributed by atoms with Gasteiger partial charge in [0.05, 0.1) is 6.42 Å². The summed E-state index contributed by atoms with van der Waals surface area (Å²) >= 11 is 0. The highest BCUT2D eigenvalue weighted by Gasteiger charge is 2.15. The number of hydrogen-bond donors (Lipinski definition) is 0. The minimum Gasteiger partial charge on any atom is -0.426 e. The molecule has 0 amide bonds. The molecule has 0 aliphatic carbocycles. The molecular formula is C10H10O2. The summed E-state index contributed by atoms with van der Waals surface area (Å²) in [5.41, 5.74) is 2.36. The minimum atomic E-state index is -0.119. The lowest BCUT2D eigenvalue weighted by Gasteiger charge is -2.15. The van der Waals surface area contributed by atoms with Gasteiger partial charge in [0, 0.05) is 0 Å². The van der Waals surface area contributed by atoms with E-state index >= 15 is 0 Å². The zero-order valence-corrected chi connectivity index (χ0v) is 6.96.